The molecule has 0 spiro atoms. The van der Waals surface area contributed by atoms with Crippen molar-refractivity contribution in [1.82, 2.24) is 4.90 Å². The van der Waals surface area contributed by atoms with Crippen LogP contribution in [0.5, 0.6) is 5.75 Å². The Kier molecular flexibility index (Phi) is 4.87. The monoisotopic (exact) mass is 343 g/mol. The van der Waals surface area contributed by atoms with Crippen molar-refractivity contribution in [2.45, 2.75) is 0 Å². The molecule has 0 unspecified atom stereocenters. The van der Waals surface area contributed by atoms with Gasteiger partial charge in [-0.25, -0.2) is 0 Å². The number of ether oxygens (including phenoxy) is 2. The van der Waals surface area contributed by atoms with E-state index in [-0.39, 0.29) is 17.7 Å². The van der Waals surface area contributed by atoms with Gasteiger partial charge in [-0.2, -0.15) is 0 Å². The second-order valence-corrected chi connectivity index (χ2v) is 6.22. The molecule has 124 valence electrons. The highest BCUT2D eigenvalue weighted by molar-refractivity contribution is 8.18. The van der Waals surface area contributed by atoms with Gasteiger partial charge in [0.15, 0.2) is 0 Å². The van der Waals surface area contributed by atoms with Crippen LogP contribution >= 0.6 is 11.8 Å². The van der Waals surface area contributed by atoms with Gasteiger partial charge in [-0.05, 0) is 34.7 Å². The smallest absolute Gasteiger partial charge is 0.293 e. The van der Waals surface area contributed by atoms with Gasteiger partial charge in [0.25, 0.3) is 11.1 Å². The highest BCUT2D eigenvalue weighted by Crippen LogP contribution is 2.36. The van der Waals surface area contributed by atoms with E-state index >= 15 is 0 Å². The molecule has 0 aliphatic carbocycles. The van der Waals surface area contributed by atoms with Crippen molar-refractivity contribution in [3.63, 3.8) is 0 Å². The molecule has 5 nitrogen and oxygen atoms in total. The molecule has 1 saturated heterocycles. The van der Waals surface area contributed by atoms with Crippen molar-refractivity contribution in [1.29, 1.82) is 0 Å². The minimum absolute atomic E-state index is 0.255. The number of fused-ring (bicyclic) bond motifs is 1. The van der Waals surface area contributed by atoms with E-state index in [0.29, 0.717) is 17.3 Å². The Labute approximate surface area is 144 Å². The molecule has 0 aromatic heterocycles. The molecule has 1 aliphatic heterocycles. The number of benzene rings is 2. The van der Waals surface area contributed by atoms with E-state index in [9.17, 15) is 9.59 Å². The quantitative estimate of drug-likeness (QED) is 0.778. The van der Waals surface area contributed by atoms with Crippen LogP contribution in [-0.4, -0.2) is 43.4 Å². The first-order valence-electron chi connectivity index (χ1n) is 7.45. The highest BCUT2D eigenvalue weighted by atomic mass is 32.2. The van der Waals surface area contributed by atoms with Crippen molar-refractivity contribution in [3.8, 4) is 5.75 Å². The highest BCUT2D eigenvalue weighted by Gasteiger charge is 2.34. The molecule has 0 N–H and O–H groups in total. The number of hydrogen-bond donors (Lipinski definition) is 0. The summed E-state index contributed by atoms with van der Waals surface area (Å²) in [6.45, 7) is 0.577. The number of carbonyl (C=O) groups excluding carboxylic acids is 2. The lowest BCUT2D eigenvalue weighted by molar-refractivity contribution is -0.123. The average Bonchev–Trinajstić information content (AvgIpc) is 2.87. The molecule has 1 aliphatic rings. The minimum Gasteiger partial charge on any atom is -0.496 e. The Bertz CT molecular complexity index is 831. The maximum absolute atomic E-state index is 12.5. The van der Waals surface area contributed by atoms with E-state index in [2.05, 4.69) is 0 Å². The summed E-state index contributed by atoms with van der Waals surface area (Å²) in [4.78, 5) is 26.1. The van der Waals surface area contributed by atoms with E-state index in [4.69, 9.17) is 9.47 Å². The van der Waals surface area contributed by atoms with Crippen molar-refractivity contribution in [2.24, 2.45) is 0 Å². The summed E-state index contributed by atoms with van der Waals surface area (Å²) in [6.07, 6.45) is 1.73. The van der Waals surface area contributed by atoms with Gasteiger partial charge in [-0.15, -0.1) is 0 Å². The van der Waals surface area contributed by atoms with Crippen LogP contribution in [0.1, 0.15) is 5.56 Å². The molecule has 2 aromatic rings. The Hall–Kier alpha value is -2.31. The zero-order valence-electron chi connectivity index (χ0n) is 13.4. The van der Waals surface area contributed by atoms with Gasteiger partial charge >= 0.3 is 0 Å². The molecule has 2 amide bonds. The maximum Gasteiger partial charge on any atom is 0.293 e. The van der Waals surface area contributed by atoms with Gasteiger partial charge < -0.3 is 9.47 Å². The third kappa shape index (κ3) is 3.02. The van der Waals surface area contributed by atoms with Crippen LogP contribution < -0.4 is 4.74 Å². The summed E-state index contributed by atoms with van der Waals surface area (Å²) in [5, 5.41) is 1.74. The third-order valence-corrected chi connectivity index (χ3v) is 4.73. The van der Waals surface area contributed by atoms with Crippen LogP contribution in [0.15, 0.2) is 41.3 Å². The summed E-state index contributed by atoms with van der Waals surface area (Å²) < 4.78 is 10.4. The predicted molar refractivity (Wildman–Crippen MR) is 95.1 cm³/mol. The van der Waals surface area contributed by atoms with Gasteiger partial charge in [0.1, 0.15) is 5.75 Å². The van der Waals surface area contributed by atoms with Crippen LogP contribution in [0.25, 0.3) is 16.8 Å². The zero-order chi connectivity index (χ0) is 17.1. The Balaban J connectivity index is 2.04. The Morgan fingerprint density at radius 2 is 1.92 bits per heavy atom. The molecule has 0 saturated carbocycles. The summed E-state index contributed by atoms with van der Waals surface area (Å²) in [6, 6.07) is 11.7. The molecule has 1 heterocycles. The number of thioether (sulfide) groups is 1. The van der Waals surface area contributed by atoms with Crippen molar-refractivity contribution in [3.05, 3.63) is 46.9 Å². The molecule has 24 heavy (non-hydrogen) atoms. The first kappa shape index (κ1) is 16.5. The maximum atomic E-state index is 12.5. The molecule has 2 aromatic carbocycles. The number of rotatable bonds is 5. The third-order valence-electron chi connectivity index (χ3n) is 3.82. The van der Waals surface area contributed by atoms with Gasteiger partial charge in [-0.1, -0.05) is 30.3 Å². The summed E-state index contributed by atoms with van der Waals surface area (Å²) in [5.74, 6) is 0.370. The second kappa shape index (κ2) is 7.07. The lowest BCUT2D eigenvalue weighted by atomic mass is 10.0. The molecular formula is C18H17NO4S. The molecular weight excluding hydrogens is 326 g/mol. The zero-order valence-corrected chi connectivity index (χ0v) is 14.3. The molecule has 0 radical (unpaired) electrons. The van der Waals surface area contributed by atoms with Crippen LogP contribution in [0.3, 0.4) is 0 Å². The number of amides is 2. The fourth-order valence-electron chi connectivity index (χ4n) is 2.61. The Morgan fingerprint density at radius 3 is 2.67 bits per heavy atom. The fourth-order valence-corrected chi connectivity index (χ4v) is 3.46. The van der Waals surface area contributed by atoms with Crippen molar-refractivity contribution < 1.29 is 19.1 Å². The van der Waals surface area contributed by atoms with E-state index < -0.39 is 0 Å². The number of imide groups is 1. The number of methoxy groups -OCH3 is 2. The van der Waals surface area contributed by atoms with Crippen LogP contribution in [-0.2, 0) is 9.53 Å². The van der Waals surface area contributed by atoms with Gasteiger partial charge in [0.2, 0.25) is 0 Å². The molecule has 1 fully saturated rings. The fraction of sp³-hybridized carbons (Fsp3) is 0.222. The van der Waals surface area contributed by atoms with E-state index in [0.717, 1.165) is 28.1 Å². The normalized spacial score (nSPS) is 16.4. The number of hydrogen-bond acceptors (Lipinski definition) is 5. The number of nitrogens with zero attached hydrogens (tertiary/aromatic N) is 1. The molecule has 0 bridgehead atoms. The van der Waals surface area contributed by atoms with E-state index in [1.807, 2.05) is 36.4 Å². The standard InChI is InChI=1S/C18H17NO4S/c1-22-10-9-19-17(20)16(24-18(19)21)11-14-13-6-4-3-5-12(13)7-8-15(14)23-2/h3-8,11H,9-10H2,1-2H3/b16-11-. The lowest BCUT2D eigenvalue weighted by Crippen LogP contribution is -2.31. The summed E-state index contributed by atoms with van der Waals surface area (Å²) in [5.41, 5.74) is 0.799. The largest absolute Gasteiger partial charge is 0.496 e. The van der Waals surface area contributed by atoms with Gasteiger partial charge in [-0.3, -0.25) is 14.5 Å². The predicted octanol–water partition coefficient (Wildman–Crippen LogP) is 3.53. The van der Waals surface area contributed by atoms with E-state index in [1.54, 1.807) is 13.2 Å². The lowest BCUT2D eigenvalue weighted by Gasteiger charge is -2.11. The van der Waals surface area contributed by atoms with Gasteiger partial charge in [0, 0.05) is 12.7 Å². The second-order valence-electron chi connectivity index (χ2n) is 5.23. The van der Waals surface area contributed by atoms with Crippen molar-refractivity contribution in [2.75, 3.05) is 27.4 Å². The first-order valence-corrected chi connectivity index (χ1v) is 8.27. The van der Waals surface area contributed by atoms with Crippen LogP contribution in [0.2, 0.25) is 0 Å². The van der Waals surface area contributed by atoms with Crippen LogP contribution in [0.4, 0.5) is 4.79 Å². The first-order chi connectivity index (χ1) is 11.7. The topological polar surface area (TPSA) is 55.8 Å². The van der Waals surface area contributed by atoms with Gasteiger partial charge in [0.05, 0.1) is 25.2 Å². The SMILES string of the molecule is COCCN1C(=O)S/C(=C\c2c(OC)ccc3ccccc23)C1=O. The molecule has 6 heteroatoms. The van der Waals surface area contributed by atoms with Crippen molar-refractivity contribution >= 4 is 39.8 Å². The number of carbonyl (C=O) groups is 2. The Morgan fingerprint density at radius 1 is 1.12 bits per heavy atom. The van der Waals surface area contributed by atoms with Crippen LogP contribution in [0, 0.1) is 0 Å². The molecule has 0 atom stereocenters. The average molecular weight is 343 g/mol. The van der Waals surface area contributed by atoms with E-state index in [1.165, 1.54) is 12.0 Å². The molecule has 3 rings (SSSR count). The summed E-state index contributed by atoms with van der Waals surface area (Å²) >= 11 is 0.942. The minimum atomic E-state index is -0.294. The summed E-state index contributed by atoms with van der Waals surface area (Å²) in [7, 11) is 3.13.